The van der Waals surface area contributed by atoms with Crippen LogP contribution in [0.4, 0.5) is 0 Å². The van der Waals surface area contributed by atoms with Gasteiger partial charge in [-0.3, -0.25) is 14.2 Å². The van der Waals surface area contributed by atoms with E-state index in [0.717, 1.165) is 28.6 Å². The molecule has 0 bridgehead atoms. The van der Waals surface area contributed by atoms with Crippen molar-refractivity contribution in [2.45, 2.75) is 53.1 Å². The Bertz CT molecular complexity index is 1970. The zero-order chi connectivity index (χ0) is 31.5. The minimum absolute atomic E-state index is 0.0487. The molecule has 0 N–H and O–H groups in total. The van der Waals surface area contributed by atoms with Gasteiger partial charge < -0.3 is 18.8 Å². The van der Waals surface area contributed by atoms with E-state index in [9.17, 15) is 14.4 Å². The fraction of sp³-hybridized carbons (Fsp3) is 0.333. The van der Waals surface area contributed by atoms with Crippen LogP contribution in [0, 0.1) is 6.92 Å². The summed E-state index contributed by atoms with van der Waals surface area (Å²) in [6, 6.07) is 12.0. The van der Waals surface area contributed by atoms with E-state index >= 15 is 0 Å². The summed E-state index contributed by atoms with van der Waals surface area (Å²) in [7, 11) is 1.53. The lowest BCUT2D eigenvalue weighted by molar-refractivity contribution is -0.143. The third-order valence-electron chi connectivity index (χ3n) is 7.53. The second-order valence-electron chi connectivity index (χ2n) is 10.2. The Hall–Kier alpha value is -4.15. The van der Waals surface area contributed by atoms with Gasteiger partial charge in [0.15, 0.2) is 4.80 Å². The minimum Gasteiger partial charge on any atom is -0.496 e. The molecule has 0 radical (unpaired) electrons. The summed E-state index contributed by atoms with van der Waals surface area (Å²) in [6.45, 7) is 7.94. The van der Waals surface area contributed by atoms with Crippen LogP contribution in [0.5, 0.6) is 5.75 Å². The van der Waals surface area contributed by atoms with Crippen LogP contribution in [-0.2, 0) is 25.6 Å². The lowest BCUT2D eigenvalue weighted by atomic mass is 9.93. The van der Waals surface area contributed by atoms with Gasteiger partial charge in [0.05, 0.1) is 36.1 Å². The average molecular weight is 636 g/mol. The van der Waals surface area contributed by atoms with E-state index in [2.05, 4.69) is 0 Å². The molecule has 44 heavy (non-hydrogen) atoms. The molecule has 1 atom stereocenters. The van der Waals surface area contributed by atoms with E-state index in [4.69, 9.17) is 30.8 Å². The molecule has 0 amide bonds. The molecule has 0 aliphatic carbocycles. The Balaban J connectivity index is 1.79. The number of rotatable bonds is 10. The highest BCUT2D eigenvalue weighted by molar-refractivity contribution is 7.07. The van der Waals surface area contributed by atoms with E-state index in [0.29, 0.717) is 37.8 Å². The molecule has 3 heterocycles. The first-order valence-electron chi connectivity index (χ1n) is 14.5. The first-order chi connectivity index (χ1) is 21.2. The predicted octanol–water partition coefficient (Wildman–Crippen LogP) is 5.07. The molecular formula is C33H34ClN3O6S. The molecule has 0 saturated heterocycles. The number of aromatic nitrogens is 2. The number of benzene rings is 2. The first-order valence-corrected chi connectivity index (χ1v) is 15.7. The van der Waals surface area contributed by atoms with Gasteiger partial charge in [-0.1, -0.05) is 54.5 Å². The minimum atomic E-state index is -0.867. The van der Waals surface area contributed by atoms with Crippen LogP contribution in [0.25, 0.3) is 17.0 Å². The Morgan fingerprint density at radius 2 is 1.84 bits per heavy atom. The largest absolute Gasteiger partial charge is 0.496 e. The van der Waals surface area contributed by atoms with Gasteiger partial charge in [-0.25, -0.2) is 9.79 Å². The van der Waals surface area contributed by atoms with Gasteiger partial charge in [-0.2, -0.15) is 0 Å². The number of hydrogen-bond acceptors (Lipinski definition) is 8. The second-order valence-corrected chi connectivity index (χ2v) is 11.7. The number of allylic oxidation sites excluding steroid dienone is 1. The van der Waals surface area contributed by atoms with Crippen molar-refractivity contribution >= 4 is 51.9 Å². The summed E-state index contributed by atoms with van der Waals surface area (Å²) < 4.78 is 20.3. The molecule has 1 aliphatic rings. The van der Waals surface area contributed by atoms with Gasteiger partial charge in [0, 0.05) is 32.7 Å². The molecule has 5 rings (SSSR count). The van der Waals surface area contributed by atoms with Gasteiger partial charge in [0.25, 0.3) is 5.56 Å². The number of carbonyl (C=O) groups excluding carboxylic acids is 2. The van der Waals surface area contributed by atoms with Crippen molar-refractivity contribution < 1.29 is 23.8 Å². The topological polar surface area (TPSA) is 101 Å². The number of fused-ring (bicyclic) bond motifs is 2. The van der Waals surface area contributed by atoms with Crippen molar-refractivity contribution in [1.29, 1.82) is 0 Å². The molecule has 4 aromatic rings. The van der Waals surface area contributed by atoms with E-state index in [-0.39, 0.29) is 36.9 Å². The van der Waals surface area contributed by atoms with Gasteiger partial charge in [0.2, 0.25) is 0 Å². The van der Waals surface area contributed by atoms with Crippen LogP contribution in [0.15, 0.2) is 63.5 Å². The summed E-state index contributed by atoms with van der Waals surface area (Å²) in [5.41, 5.74) is 3.57. The van der Waals surface area contributed by atoms with Crippen LogP contribution >= 0.6 is 22.9 Å². The van der Waals surface area contributed by atoms with Crippen molar-refractivity contribution in [3.05, 3.63) is 95.3 Å². The molecule has 0 fully saturated rings. The number of hydrogen-bond donors (Lipinski definition) is 0. The fourth-order valence-electron chi connectivity index (χ4n) is 5.64. The van der Waals surface area contributed by atoms with Crippen LogP contribution in [0.1, 0.15) is 56.5 Å². The fourth-order valence-corrected chi connectivity index (χ4v) is 6.83. The van der Waals surface area contributed by atoms with Gasteiger partial charge >= 0.3 is 11.9 Å². The molecule has 11 heteroatoms. The highest BCUT2D eigenvalue weighted by atomic mass is 35.5. The SMILES string of the molecule is CCCC1=C(C(=O)OCC)[C@@H](c2cc(Cl)ccc2OC)n2c(s/c(=C/c3c(C)n(CC(=O)OCC)c4ccccc34)c2=O)=N1. The third-order valence-corrected chi connectivity index (χ3v) is 8.74. The number of methoxy groups -OCH3 is 1. The van der Waals surface area contributed by atoms with E-state index in [1.807, 2.05) is 48.8 Å². The van der Waals surface area contributed by atoms with E-state index in [1.54, 1.807) is 32.0 Å². The maximum absolute atomic E-state index is 14.3. The Kier molecular flexibility index (Phi) is 9.41. The predicted molar refractivity (Wildman–Crippen MR) is 171 cm³/mol. The summed E-state index contributed by atoms with van der Waals surface area (Å²) in [5.74, 6) is -0.405. The Morgan fingerprint density at radius 1 is 1.09 bits per heavy atom. The van der Waals surface area contributed by atoms with Gasteiger partial charge in [-0.15, -0.1) is 0 Å². The molecule has 230 valence electrons. The summed E-state index contributed by atoms with van der Waals surface area (Å²) in [6.07, 6.45) is 3.08. The maximum atomic E-state index is 14.3. The Morgan fingerprint density at radius 3 is 2.55 bits per heavy atom. The molecule has 0 spiro atoms. The highest BCUT2D eigenvalue weighted by Crippen LogP contribution is 2.38. The molecule has 9 nitrogen and oxygen atoms in total. The van der Waals surface area contributed by atoms with Crippen molar-refractivity contribution in [2.75, 3.05) is 20.3 Å². The van der Waals surface area contributed by atoms with Gasteiger partial charge in [0.1, 0.15) is 18.3 Å². The number of para-hydroxylation sites is 1. The summed E-state index contributed by atoms with van der Waals surface area (Å²) >= 11 is 7.70. The normalized spacial score (nSPS) is 14.9. The van der Waals surface area contributed by atoms with Crippen molar-refractivity contribution in [1.82, 2.24) is 9.13 Å². The van der Waals surface area contributed by atoms with E-state index in [1.165, 1.54) is 23.0 Å². The number of esters is 2. The highest BCUT2D eigenvalue weighted by Gasteiger charge is 2.36. The van der Waals surface area contributed by atoms with E-state index < -0.39 is 12.0 Å². The van der Waals surface area contributed by atoms with Crippen LogP contribution < -0.4 is 19.6 Å². The Labute approximate surface area is 263 Å². The maximum Gasteiger partial charge on any atom is 0.338 e. The number of carbonyl (C=O) groups is 2. The zero-order valence-electron chi connectivity index (χ0n) is 25.3. The van der Waals surface area contributed by atoms with Crippen LogP contribution in [0.2, 0.25) is 5.02 Å². The first kappa shape index (κ1) is 31.3. The molecule has 0 saturated carbocycles. The quantitative estimate of drug-likeness (QED) is 0.226. The monoisotopic (exact) mass is 635 g/mol. The molecule has 0 unspecified atom stereocenters. The number of ether oxygens (including phenoxy) is 3. The summed E-state index contributed by atoms with van der Waals surface area (Å²) in [5, 5.41) is 1.33. The van der Waals surface area contributed by atoms with Crippen molar-refractivity contribution in [3.8, 4) is 5.75 Å². The van der Waals surface area contributed by atoms with Crippen molar-refractivity contribution in [3.63, 3.8) is 0 Å². The standard InChI is InChI=1S/C33H34ClN3O6S/c1-6-11-24-29(32(40)43-8-3)30(23-16-20(34)14-15-26(23)41-5)37-31(39)27(44-33(37)35-24)17-22-19(4)36(18-28(38)42-7-2)25-13-10-9-12-21(22)25/h9-10,12-17,30H,6-8,11,18H2,1-5H3/b27-17+/t30-/m1/s1. The number of nitrogens with zero attached hydrogens (tertiary/aromatic N) is 3. The summed E-state index contributed by atoms with van der Waals surface area (Å²) in [4.78, 5) is 45.6. The molecular weight excluding hydrogens is 602 g/mol. The number of halogens is 1. The molecule has 2 aromatic heterocycles. The molecule has 2 aromatic carbocycles. The second kappa shape index (κ2) is 13.2. The van der Waals surface area contributed by atoms with Crippen LogP contribution in [0.3, 0.4) is 0 Å². The lowest BCUT2D eigenvalue weighted by Crippen LogP contribution is -2.40. The van der Waals surface area contributed by atoms with Crippen LogP contribution in [-0.4, -0.2) is 41.4 Å². The molecule has 1 aliphatic heterocycles. The third kappa shape index (κ3) is 5.71. The van der Waals surface area contributed by atoms with Gasteiger partial charge in [-0.05, 0) is 57.5 Å². The van der Waals surface area contributed by atoms with Crippen molar-refractivity contribution in [2.24, 2.45) is 4.99 Å². The smallest absolute Gasteiger partial charge is 0.338 e. The number of thiazole rings is 1. The average Bonchev–Trinajstić information content (AvgIpc) is 3.45. The zero-order valence-corrected chi connectivity index (χ0v) is 26.9. The lowest BCUT2D eigenvalue weighted by Gasteiger charge is -2.27.